The molecule has 0 atom stereocenters. The number of hydrogen-bond donors (Lipinski definition) is 0. The van der Waals surface area contributed by atoms with Gasteiger partial charge < -0.3 is 4.52 Å². The molecule has 0 aliphatic rings. The monoisotopic (exact) mass is 396 g/mol. The van der Waals surface area contributed by atoms with E-state index >= 15 is 0 Å². The van der Waals surface area contributed by atoms with E-state index in [0.717, 1.165) is 15.6 Å². The molecule has 0 unspecified atom stereocenters. The second-order valence-corrected chi connectivity index (χ2v) is 6.33. The molecular weight excluding hydrogens is 384 g/mol. The van der Waals surface area contributed by atoms with E-state index < -0.39 is 0 Å². The van der Waals surface area contributed by atoms with Gasteiger partial charge in [-0.3, -0.25) is 0 Å². The fourth-order valence-corrected chi connectivity index (χ4v) is 2.61. The Hall–Kier alpha value is -2.87. The molecule has 0 N–H and O–H groups in total. The van der Waals surface area contributed by atoms with Gasteiger partial charge >= 0.3 is 0 Å². The molecule has 0 saturated heterocycles. The summed E-state index contributed by atoms with van der Waals surface area (Å²) in [5.41, 5.74) is 2.02. The third kappa shape index (κ3) is 3.80. The molecule has 0 amide bonds. The van der Waals surface area contributed by atoms with Gasteiger partial charge in [0.2, 0.25) is 11.7 Å². The van der Waals surface area contributed by atoms with Gasteiger partial charge in [-0.1, -0.05) is 63.6 Å². The lowest BCUT2D eigenvalue weighted by Crippen LogP contribution is -2.04. The number of nitrogens with zero attached hydrogens (tertiary/aromatic N) is 6. The first-order valence-corrected chi connectivity index (χ1v) is 8.45. The van der Waals surface area contributed by atoms with Gasteiger partial charge in [-0.25, -0.2) is 0 Å². The highest BCUT2D eigenvalue weighted by atomic mass is 79.9. The van der Waals surface area contributed by atoms with Crippen molar-refractivity contribution < 1.29 is 4.52 Å². The maximum Gasteiger partial charge on any atom is 0.250 e. The zero-order valence-corrected chi connectivity index (χ0v) is 14.7. The molecule has 0 radical (unpaired) electrons. The number of halogens is 1. The quantitative estimate of drug-likeness (QED) is 0.515. The first kappa shape index (κ1) is 15.6. The Morgan fingerprint density at radius 1 is 1.00 bits per heavy atom. The average Bonchev–Trinajstić information content (AvgIpc) is 3.28. The summed E-state index contributed by atoms with van der Waals surface area (Å²) in [6.07, 6.45) is 0.608. The zero-order valence-electron chi connectivity index (χ0n) is 13.1. The predicted octanol–water partition coefficient (Wildman–Crippen LogP) is 3.12. The van der Waals surface area contributed by atoms with Gasteiger partial charge in [0.15, 0.2) is 5.82 Å². The summed E-state index contributed by atoms with van der Waals surface area (Å²) in [7, 11) is 0. The van der Waals surface area contributed by atoms with Crippen molar-refractivity contribution in [3.05, 3.63) is 76.3 Å². The molecule has 2 aromatic heterocycles. The zero-order chi connectivity index (χ0) is 17.1. The Bertz CT molecular complexity index is 964. The molecular formula is C17H13BrN6O. The molecule has 0 saturated carbocycles. The van der Waals surface area contributed by atoms with Crippen LogP contribution < -0.4 is 0 Å². The Kier molecular flexibility index (Phi) is 4.34. The number of hydrogen-bond acceptors (Lipinski definition) is 6. The van der Waals surface area contributed by atoms with Crippen LogP contribution in [0.1, 0.15) is 17.3 Å². The lowest BCUT2D eigenvalue weighted by molar-refractivity contribution is 0.353. The van der Waals surface area contributed by atoms with Gasteiger partial charge in [0.05, 0.1) is 0 Å². The van der Waals surface area contributed by atoms with E-state index in [9.17, 15) is 0 Å². The molecule has 4 rings (SSSR count). The summed E-state index contributed by atoms with van der Waals surface area (Å²) in [5.74, 6) is 1.64. The van der Waals surface area contributed by atoms with Crippen molar-refractivity contribution >= 4 is 15.9 Å². The van der Waals surface area contributed by atoms with Gasteiger partial charge in [-0.2, -0.15) is 9.78 Å². The molecule has 8 heteroatoms. The van der Waals surface area contributed by atoms with E-state index in [1.54, 1.807) is 0 Å². The fraction of sp³-hybridized carbons (Fsp3) is 0.118. The highest BCUT2D eigenvalue weighted by Gasteiger charge is 2.11. The topological polar surface area (TPSA) is 82.5 Å². The van der Waals surface area contributed by atoms with E-state index in [-0.39, 0.29) is 6.54 Å². The van der Waals surface area contributed by atoms with Crippen LogP contribution in [0.15, 0.2) is 63.6 Å². The van der Waals surface area contributed by atoms with Crippen molar-refractivity contribution in [3.63, 3.8) is 0 Å². The van der Waals surface area contributed by atoms with Crippen molar-refractivity contribution in [1.29, 1.82) is 0 Å². The standard InChI is InChI=1S/C17H13BrN6O/c18-14-8-6-12(7-9-14)10-15-19-16(25-22-15)11-24-21-17(20-23-24)13-4-2-1-3-5-13/h1-9H,10-11H2. The summed E-state index contributed by atoms with van der Waals surface area (Å²) in [6.45, 7) is 0.285. The Balaban J connectivity index is 1.44. The van der Waals surface area contributed by atoms with Crippen molar-refractivity contribution in [3.8, 4) is 11.4 Å². The van der Waals surface area contributed by atoms with Crippen LogP contribution in [-0.2, 0) is 13.0 Å². The molecule has 2 heterocycles. The first-order chi connectivity index (χ1) is 12.3. The van der Waals surface area contributed by atoms with Crippen LogP contribution in [0.2, 0.25) is 0 Å². The molecule has 7 nitrogen and oxygen atoms in total. The minimum absolute atomic E-state index is 0.285. The molecule has 124 valence electrons. The van der Waals surface area contributed by atoms with Gasteiger partial charge in [0.25, 0.3) is 0 Å². The van der Waals surface area contributed by atoms with Crippen LogP contribution in [0, 0.1) is 0 Å². The van der Waals surface area contributed by atoms with E-state index in [1.807, 2.05) is 54.6 Å². The number of rotatable bonds is 5. The Morgan fingerprint density at radius 3 is 2.60 bits per heavy atom. The van der Waals surface area contributed by atoms with E-state index in [1.165, 1.54) is 4.80 Å². The van der Waals surface area contributed by atoms with Crippen molar-refractivity contribution in [1.82, 2.24) is 30.3 Å². The van der Waals surface area contributed by atoms with E-state index in [4.69, 9.17) is 4.52 Å². The molecule has 4 aromatic rings. The average molecular weight is 397 g/mol. The lowest BCUT2D eigenvalue weighted by atomic mass is 10.1. The normalized spacial score (nSPS) is 10.9. The second kappa shape index (κ2) is 6.94. The molecule has 0 aliphatic heterocycles. The molecule has 0 bridgehead atoms. The fourth-order valence-electron chi connectivity index (χ4n) is 2.34. The minimum atomic E-state index is 0.285. The summed E-state index contributed by atoms with van der Waals surface area (Å²) >= 11 is 3.42. The largest absolute Gasteiger partial charge is 0.337 e. The highest BCUT2D eigenvalue weighted by molar-refractivity contribution is 9.10. The van der Waals surface area contributed by atoms with Crippen LogP contribution >= 0.6 is 15.9 Å². The van der Waals surface area contributed by atoms with Gasteiger partial charge in [0.1, 0.15) is 6.54 Å². The summed E-state index contributed by atoms with van der Waals surface area (Å²) in [4.78, 5) is 5.83. The van der Waals surface area contributed by atoms with E-state index in [0.29, 0.717) is 24.0 Å². The number of aromatic nitrogens is 6. The second-order valence-electron chi connectivity index (χ2n) is 5.42. The van der Waals surface area contributed by atoms with Gasteiger partial charge in [-0.05, 0) is 22.9 Å². The van der Waals surface area contributed by atoms with E-state index in [2.05, 4.69) is 41.5 Å². The Morgan fingerprint density at radius 2 is 1.80 bits per heavy atom. The molecule has 2 aromatic carbocycles. The SMILES string of the molecule is Brc1ccc(Cc2noc(Cn3nnc(-c4ccccc4)n3)n2)cc1. The van der Waals surface area contributed by atoms with Crippen molar-refractivity contribution in [2.45, 2.75) is 13.0 Å². The van der Waals surface area contributed by atoms with Gasteiger partial charge in [-0.15, -0.1) is 10.2 Å². The summed E-state index contributed by atoms with van der Waals surface area (Å²) in [5, 5.41) is 16.4. The first-order valence-electron chi connectivity index (χ1n) is 7.65. The Labute approximate surface area is 151 Å². The van der Waals surface area contributed by atoms with Crippen molar-refractivity contribution in [2.24, 2.45) is 0 Å². The third-order valence-electron chi connectivity index (χ3n) is 3.55. The summed E-state index contributed by atoms with van der Waals surface area (Å²) < 4.78 is 6.32. The number of benzene rings is 2. The minimum Gasteiger partial charge on any atom is -0.337 e. The van der Waals surface area contributed by atoms with Crippen LogP contribution in [0.3, 0.4) is 0 Å². The lowest BCUT2D eigenvalue weighted by Gasteiger charge is -1.96. The smallest absolute Gasteiger partial charge is 0.250 e. The predicted molar refractivity (Wildman–Crippen MR) is 93.6 cm³/mol. The number of tetrazole rings is 1. The third-order valence-corrected chi connectivity index (χ3v) is 4.08. The van der Waals surface area contributed by atoms with Crippen LogP contribution in [-0.4, -0.2) is 30.3 Å². The van der Waals surface area contributed by atoms with Gasteiger partial charge in [0, 0.05) is 16.5 Å². The molecule has 0 fully saturated rings. The maximum absolute atomic E-state index is 5.28. The summed E-state index contributed by atoms with van der Waals surface area (Å²) in [6, 6.07) is 17.7. The highest BCUT2D eigenvalue weighted by Crippen LogP contribution is 2.14. The molecule has 25 heavy (non-hydrogen) atoms. The van der Waals surface area contributed by atoms with Crippen LogP contribution in [0.25, 0.3) is 11.4 Å². The maximum atomic E-state index is 5.28. The molecule has 0 spiro atoms. The van der Waals surface area contributed by atoms with Crippen LogP contribution in [0.5, 0.6) is 0 Å². The molecule has 0 aliphatic carbocycles. The van der Waals surface area contributed by atoms with Crippen molar-refractivity contribution in [2.75, 3.05) is 0 Å². The van der Waals surface area contributed by atoms with Crippen LogP contribution in [0.4, 0.5) is 0 Å².